The summed E-state index contributed by atoms with van der Waals surface area (Å²) in [6.45, 7) is 1.28. The molecule has 120 valence electrons. The highest BCUT2D eigenvalue weighted by Gasteiger charge is 2.34. The molecular weight excluding hydrogens is 333 g/mol. The number of nitrogens with zero attached hydrogens (tertiary/aromatic N) is 4. The monoisotopic (exact) mass is 348 g/mol. The van der Waals surface area contributed by atoms with Crippen LogP contribution >= 0.6 is 23.1 Å². The average molecular weight is 348 g/mol. The normalized spacial score (nSPS) is 20.5. The van der Waals surface area contributed by atoms with Gasteiger partial charge in [-0.1, -0.05) is 0 Å². The van der Waals surface area contributed by atoms with Crippen molar-refractivity contribution in [1.29, 1.82) is 0 Å². The maximum absolute atomic E-state index is 12.6. The number of thioether (sulfide) groups is 1. The van der Waals surface area contributed by atoms with Crippen molar-refractivity contribution in [3.63, 3.8) is 0 Å². The maximum Gasteiger partial charge on any atom is 0.434 e. The maximum atomic E-state index is 12.6. The SMILES string of the molecule is Cn1cc([C@@H]2CSCCN2Cc2nc(C(F)(F)F)cs2)cn1. The summed E-state index contributed by atoms with van der Waals surface area (Å²) in [4.78, 5) is 5.92. The fraction of sp³-hybridized carbons (Fsp3) is 0.538. The molecule has 4 nitrogen and oxygen atoms in total. The molecule has 22 heavy (non-hydrogen) atoms. The zero-order valence-electron chi connectivity index (χ0n) is 11.9. The van der Waals surface area contributed by atoms with E-state index in [1.54, 1.807) is 4.68 Å². The van der Waals surface area contributed by atoms with E-state index in [1.807, 2.05) is 31.2 Å². The molecule has 0 amide bonds. The molecule has 9 heteroatoms. The van der Waals surface area contributed by atoms with Gasteiger partial charge in [0.25, 0.3) is 0 Å². The molecule has 3 heterocycles. The molecule has 0 aromatic carbocycles. The molecule has 1 saturated heterocycles. The molecule has 1 aliphatic heterocycles. The molecule has 0 N–H and O–H groups in total. The zero-order chi connectivity index (χ0) is 15.7. The number of alkyl halides is 3. The summed E-state index contributed by atoms with van der Waals surface area (Å²) in [6, 6.07) is 0.172. The lowest BCUT2D eigenvalue weighted by atomic mass is 10.1. The number of aromatic nitrogens is 3. The third-order valence-electron chi connectivity index (χ3n) is 3.53. The van der Waals surface area contributed by atoms with Crippen molar-refractivity contribution in [2.45, 2.75) is 18.8 Å². The standard InChI is InChI=1S/C13H15F3N4S2/c1-19-5-9(4-17-19)10-7-21-3-2-20(10)6-12-18-11(8-22-12)13(14,15)16/h4-5,8,10H,2-3,6-7H2,1H3/t10-/m0/s1. The lowest BCUT2D eigenvalue weighted by Crippen LogP contribution is -2.35. The number of rotatable bonds is 3. The van der Waals surface area contributed by atoms with E-state index in [0.29, 0.717) is 11.6 Å². The Bertz CT molecular complexity index is 637. The summed E-state index contributed by atoms with van der Waals surface area (Å²) in [5.41, 5.74) is 0.305. The Morgan fingerprint density at radius 2 is 2.23 bits per heavy atom. The molecule has 0 bridgehead atoms. The molecule has 0 spiro atoms. The predicted molar refractivity (Wildman–Crippen MR) is 80.8 cm³/mol. The summed E-state index contributed by atoms with van der Waals surface area (Å²) in [5.74, 6) is 1.90. The Balaban J connectivity index is 1.75. The summed E-state index contributed by atoms with van der Waals surface area (Å²) in [5, 5.41) is 5.79. The topological polar surface area (TPSA) is 34.0 Å². The minimum Gasteiger partial charge on any atom is -0.288 e. The van der Waals surface area contributed by atoms with Gasteiger partial charge in [0.1, 0.15) is 5.01 Å². The lowest BCUT2D eigenvalue weighted by molar-refractivity contribution is -0.140. The van der Waals surface area contributed by atoms with Crippen LogP contribution in [0.2, 0.25) is 0 Å². The van der Waals surface area contributed by atoms with Crippen LogP contribution in [0.15, 0.2) is 17.8 Å². The largest absolute Gasteiger partial charge is 0.434 e. The first-order chi connectivity index (χ1) is 10.4. The highest BCUT2D eigenvalue weighted by atomic mass is 32.2. The quantitative estimate of drug-likeness (QED) is 0.853. The molecule has 0 unspecified atom stereocenters. The summed E-state index contributed by atoms with van der Waals surface area (Å²) < 4.78 is 39.7. The van der Waals surface area contributed by atoms with E-state index >= 15 is 0 Å². The van der Waals surface area contributed by atoms with Crippen LogP contribution in [0.3, 0.4) is 0 Å². The van der Waals surface area contributed by atoms with Gasteiger partial charge in [-0.25, -0.2) is 4.98 Å². The molecule has 0 radical (unpaired) electrons. The van der Waals surface area contributed by atoms with Gasteiger partial charge in [0.05, 0.1) is 12.7 Å². The van der Waals surface area contributed by atoms with Crippen LogP contribution in [-0.4, -0.2) is 37.7 Å². The van der Waals surface area contributed by atoms with Gasteiger partial charge in [-0.3, -0.25) is 9.58 Å². The molecule has 0 saturated carbocycles. The van der Waals surface area contributed by atoms with E-state index in [2.05, 4.69) is 15.0 Å². The van der Waals surface area contributed by atoms with Crippen molar-refractivity contribution in [1.82, 2.24) is 19.7 Å². The summed E-state index contributed by atoms with van der Waals surface area (Å²) >= 11 is 2.93. The molecule has 0 aliphatic carbocycles. The van der Waals surface area contributed by atoms with E-state index in [9.17, 15) is 13.2 Å². The number of hydrogen-bond donors (Lipinski definition) is 0. The molecular formula is C13H15F3N4S2. The van der Waals surface area contributed by atoms with Crippen molar-refractivity contribution in [3.8, 4) is 0 Å². The Hall–Kier alpha value is -1.06. The molecule has 2 aromatic rings. The van der Waals surface area contributed by atoms with Crippen LogP contribution in [0.1, 0.15) is 22.3 Å². The summed E-state index contributed by atoms with van der Waals surface area (Å²) in [6.07, 6.45) is -0.575. The van der Waals surface area contributed by atoms with E-state index in [4.69, 9.17) is 0 Å². The van der Waals surface area contributed by atoms with Crippen molar-refractivity contribution in [2.24, 2.45) is 7.05 Å². The molecule has 3 rings (SSSR count). The van der Waals surface area contributed by atoms with E-state index in [-0.39, 0.29) is 6.04 Å². The molecule has 1 atom stereocenters. The fourth-order valence-electron chi connectivity index (χ4n) is 2.43. The smallest absolute Gasteiger partial charge is 0.288 e. The third kappa shape index (κ3) is 3.47. The first-order valence-electron chi connectivity index (χ1n) is 6.75. The van der Waals surface area contributed by atoms with Crippen LogP contribution in [0.5, 0.6) is 0 Å². The second kappa shape index (κ2) is 6.21. The Morgan fingerprint density at radius 3 is 2.86 bits per heavy atom. The Labute approximate surface area is 134 Å². The molecule has 1 aliphatic rings. The average Bonchev–Trinajstić information content (AvgIpc) is 3.08. The number of halogens is 3. The first-order valence-corrected chi connectivity index (χ1v) is 8.79. The Kier molecular flexibility index (Phi) is 4.47. The number of aryl methyl sites for hydroxylation is 1. The van der Waals surface area contributed by atoms with Gasteiger partial charge in [0.15, 0.2) is 5.69 Å². The highest BCUT2D eigenvalue weighted by molar-refractivity contribution is 7.99. The minimum absolute atomic E-state index is 0.172. The second-order valence-corrected chi connectivity index (χ2v) is 7.23. The summed E-state index contributed by atoms with van der Waals surface area (Å²) in [7, 11) is 1.86. The first kappa shape index (κ1) is 15.8. The van der Waals surface area contributed by atoms with Crippen molar-refractivity contribution < 1.29 is 13.2 Å². The molecule has 2 aromatic heterocycles. The number of thiazole rings is 1. The highest BCUT2D eigenvalue weighted by Crippen LogP contribution is 2.33. The predicted octanol–water partition coefficient (Wildman–Crippen LogP) is 3.19. The van der Waals surface area contributed by atoms with Crippen molar-refractivity contribution >= 4 is 23.1 Å². The van der Waals surface area contributed by atoms with Crippen molar-refractivity contribution in [3.05, 3.63) is 34.0 Å². The minimum atomic E-state index is -4.37. The zero-order valence-corrected chi connectivity index (χ0v) is 13.5. The van der Waals surface area contributed by atoms with E-state index < -0.39 is 11.9 Å². The van der Waals surface area contributed by atoms with Gasteiger partial charge in [0.2, 0.25) is 0 Å². The van der Waals surface area contributed by atoms with Gasteiger partial charge in [0, 0.05) is 48.3 Å². The van der Waals surface area contributed by atoms with Gasteiger partial charge in [-0.2, -0.15) is 30.0 Å². The van der Waals surface area contributed by atoms with Crippen LogP contribution in [0.4, 0.5) is 13.2 Å². The lowest BCUT2D eigenvalue weighted by Gasteiger charge is -2.34. The Morgan fingerprint density at radius 1 is 1.41 bits per heavy atom. The molecule has 1 fully saturated rings. The van der Waals surface area contributed by atoms with E-state index in [0.717, 1.165) is 40.3 Å². The fourth-order valence-corrected chi connectivity index (χ4v) is 4.42. The van der Waals surface area contributed by atoms with Crippen LogP contribution in [0, 0.1) is 0 Å². The van der Waals surface area contributed by atoms with Gasteiger partial charge in [-0.15, -0.1) is 11.3 Å². The van der Waals surface area contributed by atoms with Crippen LogP contribution < -0.4 is 0 Å². The van der Waals surface area contributed by atoms with Crippen LogP contribution in [-0.2, 0) is 19.8 Å². The van der Waals surface area contributed by atoms with Crippen LogP contribution in [0.25, 0.3) is 0 Å². The van der Waals surface area contributed by atoms with Crippen molar-refractivity contribution in [2.75, 3.05) is 18.1 Å². The third-order valence-corrected chi connectivity index (χ3v) is 5.39. The van der Waals surface area contributed by atoms with Gasteiger partial charge < -0.3 is 0 Å². The second-order valence-electron chi connectivity index (χ2n) is 5.13. The van der Waals surface area contributed by atoms with Gasteiger partial charge in [-0.05, 0) is 0 Å². The van der Waals surface area contributed by atoms with Gasteiger partial charge >= 0.3 is 6.18 Å². The van der Waals surface area contributed by atoms with E-state index in [1.165, 1.54) is 0 Å². The number of hydrogen-bond acceptors (Lipinski definition) is 5.